The van der Waals surface area contributed by atoms with Crippen molar-refractivity contribution in [2.24, 2.45) is 10.8 Å². The minimum Gasteiger partial charge on any atom is -0.447 e. The molecule has 0 aliphatic heterocycles. The van der Waals surface area contributed by atoms with E-state index < -0.39 is 12.1 Å². The van der Waals surface area contributed by atoms with E-state index in [1.165, 1.54) is 6.07 Å². The molecule has 0 saturated heterocycles. The molecule has 1 aliphatic rings. The molecule has 3 amide bonds. The molecule has 0 spiro atoms. The van der Waals surface area contributed by atoms with Gasteiger partial charge in [0.1, 0.15) is 0 Å². The van der Waals surface area contributed by atoms with Gasteiger partial charge in [-0.05, 0) is 50.9 Å². The molecule has 0 bridgehead atoms. The standard InChI is InChI=1S/C20H33N5O4/c1-12(2)29-18(28)21-11-20(6)9-14(8-19(4,5)10-20)23-17(27)25-16-22-13(3)7-15(26)24-16/h7,12,14H,8-11H2,1-6H3,(H,21,28)(H3,22,23,24,25,26,27). The second-order valence-corrected chi connectivity index (χ2v) is 9.40. The zero-order valence-corrected chi connectivity index (χ0v) is 18.1. The minimum absolute atomic E-state index is 0.00945. The zero-order chi connectivity index (χ0) is 21.8. The molecule has 2 atom stereocenters. The molecule has 4 N–H and O–H groups in total. The topological polar surface area (TPSA) is 125 Å². The van der Waals surface area contributed by atoms with Crippen molar-refractivity contribution in [1.82, 2.24) is 20.6 Å². The van der Waals surface area contributed by atoms with Gasteiger partial charge in [-0.15, -0.1) is 0 Å². The van der Waals surface area contributed by atoms with E-state index in [9.17, 15) is 14.4 Å². The Morgan fingerprint density at radius 3 is 2.62 bits per heavy atom. The molecule has 29 heavy (non-hydrogen) atoms. The summed E-state index contributed by atoms with van der Waals surface area (Å²) >= 11 is 0. The van der Waals surface area contributed by atoms with Crippen LogP contribution in [0.1, 0.15) is 59.6 Å². The summed E-state index contributed by atoms with van der Waals surface area (Å²) in [6, 6.07) is 0.856. The summed E-state index contributed by atoms with van der Waals surface area (Å²) < 4.78 is 5.15. The van der Waals surface area contributed by atoms with Crippen molar-refractivity contribution in [3.05, 3.63) is 22.1 Å². The van der Waals surface area contributed by atoms with Gasteiger partial charge < -0.3 is 15.4 Å². The number of aryl methyl sites for hydroxylation is 1. The van der Waals surface area contributed by atoms with Crippen LogP contribution in [-0.4, -0.2) is 40.8 Å². The molecule has 1 aromatic rings. The molecule has 1 fully saturated rings. The first kappa shape index (κ1) is 22.7. The number of hydrogen-bond donors (Lipinski definition) is 4. The number of rotatable bonds is 5. The van der Waals surface area contributed by atoms with Crippen molar-refractivity contribution < 1.29 is 14.3 Å². The lowest BCUT2D eigenvalue weighted by Crippen LogP contribution is -2.51. The molecular weight excluding hydrogens is 374 g/mol. The molecule has 162 valence electrons. The van der Waals surface area contributed by atoms with Crippen LogP contribution in [0.2, 0.25) is 0 Å². The molecule has 2 rings (SSSR count). The molecule has 9 nitrogen and oxygen atoms in total. The number of urea groups is 1. The molecule has 0 aromatic carbocycles. The highest BCUT2D eigenvalue weighted by Gasteiger charge is 2.42. The van der Waals surface area contributed by atoms with Crippen molar-refractivity contribution in [1.29, 1.82) is 0 Å². The summed E-state index contributed by atoms with van der Waals surface area (Å²) in [6.45, 7) is 12.2. The predicted molar refractivity (Wildman–Crippen MR) is 111 cm³/mol. The third-order valence-electron chi connectivity index (χ3n) is 4.88. The van der Waals surface area contributed by atoms with Gasteiger partial charge in [-0.2, -0.15) is 0 Å². The Balaban J connectivity index is 1.99. The van der Waals surface area contributed by atoms with E-state index >= 15 is 0 Å². The van der Waals surface area contributed by atoms with Crippen molar-refractivity contribution in [2.75, 3.05) is 11.9 Å². The quantitative estimate of drug-likeness (QED) is 0.597. The number of carbonyl (C=O) groups excluding carboxylic acids is 2. The second-order valence-electron chi connectivity index (χ2n) is 9.40. The van der Waals surface area contributed by atoms with Crippen molar-refractivity contribution in [3.63, 3.8) is 0 Å². The SMILES string of the molecule is Cc1cc(=O)[nH]c(NC(=O)NC2CC(C)(C)CC(C)(CNC(=O)OC(C)C)C2)n1. The van der Waals surface area contributed by atoms with Crippen LogP contribution in [0.3, 0.4) is 0 Å². The van der Waals surface area contributed by atoms with Gasteiger partial charge in [0.25, 0.3) is 5.56 Å². The predicted octanol–water partition coefficient (Wildman–Crippen LogP) is 2.92. The fraction of sp³-hybridized carbons (Fsp3) is 0.700. The Morgan fingerprint density at radius 1 is 1.31 bits per heavy atom. The maximum atomic E-state index is 12.4. The molecule has 1 heterocycles. The summed E-state index contributed by atoms with van der Waals surface area (Å²) in [6.07, 6.45) is 1.83. The lowest BCUT2D eigenvalue weighted by Gasteiger charge is -2.46. The number of nitrogens with one attached hydrogen (secondary N) is 4. The van der Waals surface area contributed by atoms with Gasteiger partial charge in [-0.3, -0.25) is 15.1 Å². The Morgan fingerprint density at radius 2 is 2.00 bits per heavy atom. The van der Waals surface area contributed by atoms with Crippen LogP contribution < -0.4 is 21.5 Å². The number of nitrogens with zero attached hydrogens (tertiary/aromatic N) is 1. The number of aromatic nitrogens is 2. The first-order valence-electron chi connectivity index (χ1n) is 9.96. The highest BCUT2D eigenvalue weighted by Crippen LogP contribution is 2.45. The number of ether oxygens (including phenoxy) is 1. The van der Waals surface area contributed by atoms with E-state index in [1.54, 1.807) is 20.8 Å². The lowest BCUT2D eigenvalue weighted by atomic mass is 9.62. The van der Waals surface area contributed by atoms with Crippen LogP contribution in [0.4, 0.5) is 15.5 Å². The Hall–Kier alpha value is -2.58. The van der Waals surface area contributed by atoms with Crippen LogP contribution >= 0.6 is 0 Å². The molecule has 1 saturated carbocycles. The van der Waals surface area contributed by atoms with E-state index in [1.807, 2.05) is 0 Å². The smallest absolute Gasteiger partial charge is 0.407 e. The number of amides is 3. The van der Waals surface area contributed by atoms with Gasteiger partial charge in [0.2, 0.25) is 5.95 Å². The normalized spacial score (nSPS) is 23.3. The Bertz CT molecular complexity index is 804. The number of anilines is 1. The van der Waals surface area contributed by atoms with Gasteiger partial charge in [-0.1, -0.05) is 20.8 Å². The summed E-state index contributed by atoms with van der Waals surface area (Å²) in [5.74, 6) is 0.114. The molecule has 0 radical (unpaired) electrons. The molecule has 1 aromatic heterocycles. The monoisotopic (exact) mass is 407 g/mol. The first-order chi connectivity index (χ1) is 13.4. The number of hydrogen-bond acceptors (Lipinski definition) is 5. The Labute approximate surface area is 171 Å². The third kappa shape index (κ3) is 7.40. The largest absolute Gasteiger partial charge is 0.447 e. The summed E-state index contributed by atoms with van der Waals surface area (Å²) in [5, 5.41) is 8.42. The van der Waals surface area contributed by atoms with E-state index in [0.29, 0.717) is 18.7 Å². The highest BCUT2D eigenvalue weighted by atomic mass is 16.6. The zero-order valence-electron chi connectivity index (χ0n) is 18.1. The van der Waals surface area contributed by atoms with Crippen molar-refractivity contribution >= 4 is 18.1 Å². The maximum absolute atomic E-state index is 12.4. The molecular formula is C20H33N5O4. The van der Waals surface area contributed by atoms with Gasteiger partial charge in [-0.25, -0.2) is 14.6 Å². The van der Waals surface area contributed by atoms with Gasteiger partial charge >= 0.3 is 12.1 Å². The van der Waals surface area contributed by atoms with E-state index in [-0.39, 0.29) is 34.5 Å². The minimum atomic E-state index is -0.429. The average molecular weight is 408 g/mol. The van der Waals surface area contributed by atoms with Gasteiger partial charge in [0.15, 0.2) is 0 Å². The number of aromatic amines is 1. The van der Waals surface area contributed by atoms with Crippen LogP contribution in [-0.2, 0) is 4.74 Å². The molecule has 2 unspecified atom stereocenters. The Kier molecular flexibility index (Phi) is 6.92. The number of carbonyl (C=O) groups is 2. The maximum Gasteiger partial charge on any atom is 0.407 e. The molecule has 9 heteroatoms. The average Bonchev–Trinajstić information content (AvgIpc) is 2.49. The van der Waals surface area contributed by atoms with Crippen molar-refractivity contribution in [2.45, 2.75) is 73.0 Å². The third-order valence-corrected chi connectivity index (χ3v) is 4.88. The van der Waals surface area contributed by atoms with Crippen LogP contribution in [0.25, 0.3) is 0 Å². The van der Waals surface area contributed by atoms with Gasteiger partial charge in [0.05, 0.1) is 6.10 Å². The summed E-state index contributed by atoms with van der Waals surface area (Å²) in [5.41, 5.74) is 0.00380. The summed E-state index contributed by atoms with van der Waals surface area (Å²) in [4.78, 5) is 42.4. The van der Waals surface area contributed by atoms with Crippen LogP contribution in [0.15, 0.2) is 10.9 Å². The van der Waals surface area contributed by atoms with Crippen LogP contribution in [0, 0.1) is 17.8 Å². The van der Waals surface area contributed by atoms with Gasteiger partial charge in [0, 0.05) is 24.3 Å². The fourth-order valence-electron chi connectivity index (χ4n) is 4.38. The number of alkyl carbamates (subject to hydrolysis) is 1. The van der Waals surface area contributed by atoms with Crippen molar-refractivity contribution in [3.8, 4) is 0 Å². The fourth-order valence-corrected chi connectivity index (χ4v) is 4.38. The molecule has 1 aliphatic carbocycles. The first-order valence-corrected chi connectivity index (χ1v) is 9.96. The number of H-pyrrole nitrogens is 1. The lowest BCUT2D eigenvalue weighted by molar-refractivity contribution is 0.0663. The summed E-state index contributed by atoms with van der Waals surface area (Å²) in [7, 11) is 0. The van der Waals surface area contributed by atoms with E-state index in [2.05, 4.69) is 46.7 Å². The highest BCUT2D eigenvalue weighted by molar-refractivity contribution is 5.87. The second kappa shape index (κ2) is 8.84. The van der Waals surface area contributed by atoms with E-state index in [0.717, 1.165) is 12.8 Å². The van der Waals surface area contributed by atoms with E-state index in [4.69, 9.17) is 4.74 Å². The van der Waals surface area contributed by atoms with Crippen LogP contribution in [0.5, 0.6) is 0 Å².